The normalized spacial score (nSPS) is 11.3. The highest BCUT2D eigenvalue weighted by Crippen LogP contribution is 2.25. The highest BCUT2D eigenvalue weighted by Gasteiger charge is 2.05. The van der Waals surface area contributed by atoms with Crippen molar-refractivity contribution in [1.29, 1.82) is 0 Å². The predicted molar refractivity (Wildman–Crippen MR) is 59.3 cm³/mol. The van der Waals surface area contributed by atoms with E-state index >= 15 is 0 Å². The summed E-state index contributed by atoms with van der Waals surface area (Å²) in [5.41, 5.74) is 6.49. The number of nitrogens with one attached hydrogen (secondary N) is 1. The van der Waals surface area contributed by atoms with Gasteiger partial charge in [0.15, 0.2) is 0 Å². The van der Waals surface area contributed by atoms with Crippen LogP contribution in [-0.4, -0.2) is 15.9 Å². The van der Waals surface area contributed by atoms with Crippen LogP contribution in [0.25, 0.3) is 17.1 Å². The highest BCUT2D eigenvalue weighted by atomic mass is 35.5. The zero-order valence-electron chi connectivity index (χ0n) is 7.70. The fourth-order valence-corrected chi connectivity index (χ4v) is 1.60. The Morgan fingerprint density at radius 3 is 3.13 bits per heavy atom. The minimum absolute atomic E-state index is 0.496. The number of hydrogen-bond acceptors (Lipinski definition) is 2. The van der Waals surface area contributed by atoms with Crippen LogP contribution >= 0.6 is 11.6 Å². The van der Waals surface area contributed by atoms with Crippen LogP contribution in [0.5, 0.6) is 0 Å². The van der Waals surface area contributed by atoms with E-state index in [4.69, 9.17) is 17.3 Å². The monoisotopic (exact) mass is 221 g/mol. The Balaban J connectivity index is 2.57. The SMILES string of the molecule is NC(=O)C=Cc1c[nH]c2nccc(Cl)c12. The highest BCUT2D eigenvalue weighted by molar-refractivity contribution is 6.35. The van der Waals surface area contributed by atoms with Crippen molar-refractivity contribution >= 4 is 34.6 Å². The molecule has 2 heterocycles. The van der Waals surface area contributed by atoms with Gasteiger partial charge in [-0.05, 0) is 12.1 Å². The molecule has 2 aromatic heterocycles. The van der Waals surface area contributed by atoms with Gasteiger partial charge in [-0.2, -0.15) is 0 Å². The molecule has 2 aromatic rings. The molecule has 1 amide bonds. The van der Waals surface area contributed by atoms with Crippen molar-refractivity contribution in [3.63, 3.8) is 0 Å². The molecule has 4 nitrogen and oxygen atoms in total. The van der Waals surface area contributed by atoms with E-state index in [0.717, 1.165) is 10.9 Å². The van der Waals surface area contributed by atoms with Crippen molar-refractivity contribution in [1.82, 2.24) is 9.97 Å². The van der Waals surface area contributed by atoms with E-state index in [0.29, 0.717) is 10.7 Å². The molecule has 0 saturated carbocycles. The maximum atomic E-state index is 10.6. The van der Waals surface area contributed by atoms with E-state index < -0.39 is 5.91 Å². The molecule has 0 aliphatic rings. The number of halogens is 1. The van der Waals surface area contributed by atoms with Crippen molar-refractivity contribution in [2.75, 3.05) is 0 Å². The Morgan fingerprint density at radius 1 is 1.60 bits per heavy atom. The van der Waals surface area contributed by atoms with Gasteiger partial charge in [0.25, 0.3) is 0 Å². The largest absolute Gasteiger partial charge is 0.366 e. The molecule has 76 valence electrons. The summed E-state index contributed by atoms with van der Waals surface area (Å²) in [7, 11) is 0. The number of fused-ring (bicyclic) bond motifs is 1. The van der Waals surface area contributed by atoms with Gasteiger partial charge in [-0.25, -0.2) is 4.98 Å². The van der Waals surface area contributed by atoms with Gasteiger partial charge in [0.05, 0.1) is 5.02 Å². The number of primary amides is 1. The lowest BCUT2D eigenvalue weighted by atomic mass is 10.2. The number of aromatic nitrogens is 2. The molecule has 0 aromatic carbocycles. The van der Waals surface area contributed by atoms with Crippen LogP contribution in [0.4, 0.5) is 0 Å². The van der Waals surface area contributed by atoms with Crippen molar-refractivity contribution < 1.29 is 4.79 Å². The van der Waals surface area contributed by atoms with Crippen molar-refractivity contribution in [2.24, 2.45) is 5.73 Å². The number of nitrogens with zero attached hydrogens (tertiary/aromatic N) is 1. The first-order valence-electron chi connectivity index (χ1n) is 4.27. The number of nitrogens with two attached hydrogens (primary N) is 1. The summed E-state index contributed by atoms with van der Waals surface area (Å²) in [4.78, 5) is 17.6. The number of carbonyl (C=O) groups excluding carboxylic acids is 1. The van der Waals surface area contributed by atoms with E-state index in [9.17, 15) is 4.79 Å². The van der Waals surface area contributed by atoms with Gasteiger partial charge < -0.3 is 10.7 Å². The number of H-pyrrole nitrogens is 1. The van der Waals surface area contributed by atoms with Crippen LogP contribution < -0.4 is 5.73 Å². The smallest absolute Gasteiger partial charge is 0.241 e. The third-order valence-corrected chi connectivity index (χ3v) is 2.30. The van der Waals surface area contributed by atoms with Crippen molar-refractivity contribution in [3.05, 3.63) is 35.1 Å². The maximum Gasteiger partial charge on any atom is 0.241 e. The van der Waals surface area contributed by atoms with Gasteiger partial charge in [-0.15, -0.1) is 0 Å². The number of aromatic amines is 1. The third-order valence-electron chi connectivity index (χ3n) is 1.98. The zero-order valence-corrected chi connectivity index (χ0v) is 8.45. The molecule has 0 saturated heterocycles. The van der Waals surface area contributed by atoms with Gasteiger partial charge >= 0.3 is 0 Å². The summed E-state index contributed by atoms with van der Waals surface area (Å²) in [6.07, 6.45) is 6.23. The Morgan fingerprint density at radius 2 is 2.40 bits per heavy atom. The molecule has 0 radical (unpaired) electrons. The predicted octanol–water partition coefficient (Wildman–Crippen LogP) is 1.71. The summed E-state index contributed by atoms with van der Waals surface area (Å²) in [6.45, 7) is 0. The van der Waals surface area contributed by atoms with Crippen LogP contribution in [0.3, 0.4) is 0 Å². The van der Waals surface area contributed by atoms with Gasteiger partial charge in [0.1, 0.15) is 5.65 Å². The maximum absolute atomic E-state index is 10.6. The van der Waals surface area contributed by atoms with E-state index in [2.05, 4.69) is 9.97 Å². The van der Waals surface area contributed by atoms with Gasteiger partial charge in [-0.1, -0.05) is 11.6 Å². The molecule has 0 spiro atoms. The first-order chi connectivity index (χ1) is 7.18. The number of carbonyl (C=O) groups is 1. The van der Waals surface area contributed by atoms with Crippen molar-refractivity contribution in [3.8, 4) is 0 Å². The van der Waals surface area contributed by atoms with Gasteiger partial charge in [-0.3, -0.25) is 4.79 Å². The topological polar surface area (TPSA) is 71.8 Å². The standard InChI is InChI=1S/C10H8ClN3O/c11-7-3-4-13-10-9(7)6(5-14-10)1-2-8(12)15/h1-5H,(H2,12,15)(H,13,14). The quantitative estimate of drug-likeness (QED) is 0.758. The Hall–Kier alpha value is -1.81. The van der Waals surface area contributed by atoms with E-state index in [1.165, 1.54) is 6.08 Å². The molecule has 0 fully saturated rings. The van der Waals surface area contributed by atoms with E-state index in [1.54, 1.807) is 24.5 Å². The van der Waals surface area contributed by atoms with Crippen LogP contribution in [0.15, 0.2) is 24.5 Å². The fraction of sp³-hybridized carbons (Fsp3) is 0. The fourth-order valence-electron chi connectivity index (χ4n) is 1.34. The van der Waals surface area contributed by atoms with Crippen LogP contribution in [0.1, 0.15) is 5.56 Å². The number of rotatable bonds is 2. The van der Waals surface area contributed by atoms with Crippen LogP contribution in [0.2, 0.25) is 5.02 Å². The molecule has 0 aliphatic heterocycles. The zero-order chi connectivity index (χ0) is 10.8. The first kappa shape index (κ1) is 9.73. The lowest BCUT2D eigenvalue weighted by molar-refractivity contribution is -0.113. The molecule has 0 unspecified atom stereocenters. The first-order valence-corrected chi connectivity index (χ1v) is 4.65. The minimum Gasteiger partial charge on any atom is -0.366 e. The summed E-state index contributed by atoms with van der Waals surface area (Å²) in [6, 6.07) is 1.69. The average Bonchev–Trinajstić information content (AvgIpc) is 2.59. The molecule has 0 aliphatic carbocycles. The van der Waals surface area contributed by atoms with Gasteiger partial charge in [0, 0.05) is 29.4 Å². The second kappa shape index (κ2) is 3.74. The summed E-state index contributed by atoms with van der Waals surface area (Å²) in [5, 5.41) is 1.38. The molecule has 2 rings (SSSR count). The Kier molecular flexibility index (Phi) is 2.43. The Labute approximate surface area is 90.8 Å². The van der Waals surface area contributed by atoms with Crippen molar-refractivity contribution in [2.45, 2.75) is 0 Å². The average molecular weight is 222 g/mol. The summed E-state index contributed by atoms with van der Waals surface area (Å²) in [5.74, 6) is -0.496. The molecule has 0 bridgehead atoms. The molecular formula is C10H8ClN3O. The second-order valence-corrected chi connectivity index (χ2v) is 3.40. The molecule has 0 atom stereocenters. The second-order valence-electron chi connectivity index (χ2n) is 3.00. The van der Waals surface area contributed by atoms with Crippen LogP contribution in [-0.2, 0) is 4.79 Å². The number of hydrogen-bond donors (Lipinski definition) is 2. The number of amides is 1. The van der Waals surface area contributed by atoms with E-state index in [-0.39, 0.29) is 0 Å². The Bertz CT molecular complexity index is 545. The number of pyridine rings is 1. The molecule has 15 heavy (non-hydrogen) atoms. The molecule has 5 heteroatoms. The lowest BCUT2D eigenvalue weighted by Gasteiger charge is -1.93. The third kappa shape index (κ3) is 1.85. The molecular weight excluding hydrogens is 214 g/mol. The summed E-state index contributed by atoms with van der Waals surface area (Å²) < 4.78 is 0. The lowest BCUT2D eigenvalue weighted by Crippen LogP contribution is -2.04. The summed E-state index contributed by atoms with van der Waals surface area (Å²) >= 11 is 6.01. The van der Waals surface area contributed by atoms with E-state index in [1.807, 2.05) is 0 Å². The minimum atomic E-state index is -0.496. The van der Waals surface area contributed by atoms with Gasteiger partial charge in [0.2, 0.25) is 5.91 Å². The molecule has 3 N–H and O–H groups in total. The van der Waals surface area contributed by atoms with Crippen LogP contribution in [0, 0.1) is 0 Å².